The number of hydrogen-bond acceptors (Lipinski definition) is 3. The highest BCUT2D eigenvalue weighted by molar-refractivity contribution is 5.94. The van der Waals surface area contributed by atoms with Crippen LogP contribution in [0.15, 0.2) is 24.3 Å². The molecule has 0 spiro atoms. The fourth-order valence-corrected chi connectivity index (χ4v) is 2.54. The van der Waals surface area contributed by atoms with Crippen LogP contribution in [0.3, 0.4) is 0 Å². The van der Waals surface area contributed by atoms with E-state index in [1.807, 2.05) is 38.1 Å². The summed E-state index contributed by atoms with van der Waals surface area (Å²) in [5.41, 5.74) is 1.39. The summed E-state index contributed by atoms with van der Waals surface area (Å²) in [7, 11) is 0. The van der Waals surface area contributed by atoms with Gasteiger partial charge in [-0.05, 0) is 45.6 Å². The summed E-state index contributed by atoms with van der Waals surface area (Å²) < 4.78 is 5.93. The number of para-hydroxylation sites is 1. The van der Waals surface area contributed by atoms with E-state index in [0.717, 1.165) is 24.8 Å². The van der Waals surface area contributed by atoms with Crippen molar-refractivity contribution in [3.05, 3.63) is 29.8 Å². The van der Waals surface area contributed by atoms with Gasteiger partial charge in [0.15, 0.2) is 0 Å². The number of urea groups is 1. The average molecular weight is 347 g/mol. The van der Waals surface area contributed by atoms with Crippen molar-refractivity contribution in [2.45, 2.75) is 64.7 Å². The first-order chi connectivity index (χ1) is 11.9. The van der Waals surface area contributed by atoms with Crippen LogP contribution in [0, 0.1) is 0 Å². The second-order valence-corrected chi connectivity index (χ2v) is 7.00. The fraction of sp³-hybridized carbons (Fsp3) is 0.579. The van der Waals surface area contributed by atoms with Crippen LogP contribution in [0.4, 0.5) is 10.5 Å². The fourth-order valence-electron chi connectivity index (χ4n) is 2.54. The molecule has 6 heteroatoms. The molecule has 2 rings (SSSR count). The van der Waals surface area contributed by atoms with Crippen molar-refractivity contribution in [3.8, 4) is 0 Å². The number of amides is 3. The molecule has 3 amide bonds. The smallest absolute Gasteiger partial charge is 0.319 e. The molecule has 0 radical (unpaired) electrons. The van der Waals surface area contributed by atoms with Crippen LogP contribution >= 0.6 is 0 Å². The number of ether oxygens (including phenoxy) is 1. The van der Waals surface area contributed by atoms with Gasteiger partial charge in [-0.1, -0.05) is 25.1 Å². The zero-order chi connectivity index (χ0) is 18.3. The summed E-state index contributed by atoms with van der Waals surface area (Å²) in [5, 5.41) is 8.43. The Morgan fingerprint density at radius 2 is 2.08 bits per heavy atom. The van der Waals surface area contributed by atoms with E-state index < -0.39 is 6.04 Å². The third kappa shape index (κ3) is 6.05. The monoisotopic (exact) mass is 347 g/mol. The molecule has 3 N–H and O–H groups in total. The summed E-state index contributed by atoms with van der Waals surface area (Å²) >= 11 is 0. The Labute approximate surface area is 149 Å². The standard InChI is InChI=1S/C19H29N3O3/c1-4-19(2,3)25-13-14-9-5-6-10-15(14)21-18(24)22-16-11-7-8-12-20-17(16)23/h5-6,9-10,16H,4,7-8,11-13H2,1-3H3,(H,20,23)(H2,21,22,24)/t16-/m0/s1. The van der Waals surface area contributed by atoms with Crippen molar-refractivity contribution in [2.24, 2.45) is 0 Å². The van der Waals surface area contributed by atoms with Crippen molar-refractivity contribution in [2.75, 3.05) is 11.9 Å². The Hall–Kier alpha value is -2.08. The quantitative estimate of drug-likeness (QED) is 0.739. The molecule has 0 bridgehead atoms. The highest BCUT2D eigenvalue weighted by Crippen LogP contribution is 2.21. The van der Waals surface area contributed by atoms with Crippen molar-refractivity contribution >= 4 is 17.6 Å². The molecule has 1 aliphatic heterocycles. The molecule has 25 heavy (non-hydrogen) atoms. The molecular formula is C19H29N3O3. The molecule has 1 aromatic carbocycles. The molecule has 0 aliphatic carbocycles. The zero-order valence-electron chi connectivity index (χ0n) is 15.4. The summed E-state index contributed by atoms with van der Waals surface area (Å²) in [6.07, 6.45) is 3.42. The molecule has 6 nitrogen and oxygen atoms in total. The maximum Gasteiger partial charge on any atom is 0.319 e. The molecule has 1 fully saturated rings. The maximum absolute atomic E-state index is 12.3. The van der Waals surface area contributed by atoms with E-state index in [-0.39, 0.29) is 17.5 Å². The first-order valence-corrected chi connectivity index (χ1v) is 8.98. The molecular weight excluding hydrogens is 318 g/mol. The summed E-state index contributed by atoms with van der Waals surface area (Å²) in [6, 6.07) is 6.70. The van der Waals surface area contributed by atoms with Gasteiger partial charge in [0, 0.05) is 17.8 Å². The van der Waals surface area contributed by atoms with E-state index in [0.29, 0.717) is 25.3 Å². The van der Waals surface area contributed by atoms with Crippen LogP contribution < -0.4 is 16.0 Å². The Kier molecular flexibility index (Phi) is 6.82. The Morgan fingerprint density at radius 1 is 1.32 bits per heavy atom. The van der Waals surface area contributed by atoms with Gasteiger partial charge in [-0.25, -0.2) is 4.79 Å². The molecule has 1 aromatic rings. The summed E-state index contributed by atoms with van der Waals surface area (Å²) in [5.74, 6) is -0.117. The van der Waals surface area contributed by atoms with E-state index in [1.54, 1.807) is 0 Å². The van der Waals surface area contributed by atoms with Gasteiger partial charge < -0.3 is 20.7 Å². The molecule has 0 unspecified atom stereocenters. The topological polar surface area (TPSA) is 79.5 Å². The summed E-state index contributed by atoms with van der Waals surface area (Å²) in [4.78, 5) is 24.2. The lowest BCUT2D eigenvalue weighted by Gasteiger charge is -2.24. The first kappa shape index (κ1) is 19.2. The van der Waals surface area contributed by atoms with E-state index >= 15 is 0 Å². The van der Waals surface area contributed by atoms with E-state index in [9.17, 15) is 9.59 Å². The van der Waals surface area contributed by atoms with Crippen molar-refractivity contribution < 1.29 is 14.3 Å². The third-order valence-corrected chi connectivity index (χ3v) is 4.58. The molecule has 1 atom stereocenters. The van der Waals surface area contributed by atoms with Crippen LogP contribution in [0.25, 0.3) is 0 Å². The maximum atomic E-state index is 12.3. The van der Waals surface area contributed by atoms with Gasteiger partial charge >= 0.3 is 6.03 Å². The minimum Gasteiger partial charge on any atom is -0.371 e. The average Bonchev–Trinajstić information content (AvgIpc) is 2.79. The number of hydrogen-bond donors (Lipinski definition) is 3. The van der Waals surface area contributed by atoms with E-state index in [4.69, 9.17) is 4.74 Å². The van der Waals surface area contributed by atoms with Crippen molar-refractivity contribution in [1.82, 2.24) is 10.6 Å². The lowest BCUT2D eigenvalue weighted by atomic mass is 10.1. The number of carbonyl (C=O) groups excluding carboxylic acids is 2. The minimum absolute atomic E-state index is 0.117. The molecule has 1 aliphatic rings. The number of anilines is 1. The van der Waals surface area contributed by atoms with Crippen LogP contribution in [0.5, 0.6) is 0 Å². The van der Waals surface area contributed by atoms with E-state index in [1.165, 1.54) is 0 Å². The van der Waals surface area contributed by atoms with E-state index in [2.05, 4.69) is 22.9 Å². The summed E-state index contributed by atoms with van der Waals surface area (Å²) in [6.45, 7) is 7.25. The van der Waals surface area contributed by atoms with Gasteiger partial charge in [-0.3, -0.25) is 4.79 Å². The van der Waals surface area contributed by atoms with Gasteiger partial charge in [0.05, 0.1) is 12.2 Å². The van der Waals surface area contributed by atoms with Crippen LogP contribution in [0.1, 0.15) is 52.0 Å². The first-order valence-electron chi connectivity index (χ1n) is 8.98. The Bertz CT molecular complexity index is 601. The minimum atomic E-state index is -0.482. The number of rotatable bonds is 6. The third-order valence-electron chi connectivity index (χ3n) is 4.58. The van der Waals surface area contributed by atoms with Crippen molar-refractivity contribution in [3.63, 3.8) is 0 Å². The Morgan fingerprint density at radius 3 is 2.84 bits per heavy atom. The molecule has 0 aromatic heterocycles. The van der Waals surface area contributed by atoms with Gasteiger partial charge in [-0.2, -0.15) is 0 Å². The SMILES string of the molecule is CCC(C)(C)OCc1ccccc1NC(=O)N[C@H]1CCCCNC1=O. The largest absolute Gasteiger partial charge is 0.371 e. The lowest BCUT2D eigenvalue weighted by molar-refractivity contribution is -0.122. The van der Waals surface area contributed by atoms with Gasteiger partial charge in [0.1, 0.15) is 6.04 Å². The second-order valence-electron chi connectivity index (χ2n) is 7.00. The highest BCUT2D eigenvalue weighted by Gasteiger charge is 2.23. The predicted molar refractivity (Wildman–Crippen MR) is 98.4 cm³/mol. The van der Waals surface area contributed by atoms with Gasteiger partial charge in [-0.15, -0.1) is 0 Å². The molecule has 138 valence electrons. The highest BCUT2D eigenvalue weighted by atomic mass is 16.5. The number of carbonyl (C=O) groups is 2. The number of benzene rings is 1. The van der Waals surface area contributed by atoms with Gasteiger partial charge in [0.2, 0.25) is 5.91 Å². The predicted octanol–water partition coefficient (Wildman–Crippen LogP) is 3.18. The van der Waals surface area contributed by atoms with Crippen LogP contribution in [-0.2, 0) is 16.1 Å². The molecule has 1 heterocycles. The lowest BCUT2D eigenvalue weighted by Crippen LogP contribution is -2.47. The van der Waals surface area contributed by atoms with Gasteiger partial charge in [0.25, 0.3) is 0 Å². The normalized spacial score (nSPS) is 18.2. The molecule has 0 saturated carbocycles. The molecule has 1 saturated heterocycles. The second kappa shape index (κ2) is 8.85. The van der Waals surface area contributed by atoms with Crippen molar-refractivity contribution in [1.29, 1.82) is 0 Å². The zero-order valence-corrected chi connectivity index (χ0v) is 15.4. The Balaban J connectivity index is 1.97. The van der Waals surface area contributed by atoms with Crippen LogP contribution in [-0.4, -0.2) is 30.1 Å². The number of nitrogens with one attached hydrogen (secondary N) is 3. The van der Waals surface area contributed by atoms with Crippen LogP contribution in [0.2, 0.25) is 0 Å².